The van der Waals surface area contributed by atoms with Crippen molar-refractivity contribution in [3.05, 3.63) is 136 Å². The molecule has 0 aliphatic rings. The Kier molecular flexibility index (Phi) is 11.2. The molecule has 0 spiro atoms. The van der Waals surface area contributed by atoms with E-state index in [-0.39, 0.29) is 31.5 Å². The molecule has 0 bridgehead atoms. The summed E-state index contributed by atoms with van der Waals surface area (Å²) in [7, 11) is 0. The van der Waals surface area contributed by atoms with E-state index >= 15 is 0 Å². The lowest BCUT2D eigenvalue weighted by molar-refractivity contribution is -0.129. The van der Waals surface area contributed by atoms with E-state index < -0.39 is 35.5 Å². The topological polar surface area (TPSA) is 137 Å². The molecule has 228 valence electrons. The van der Waals surface area contributed by atoms with Crippen molar-refractivity contribution in [1.29, 1.82) is 0 Å². The molecule has 4 aromatic carbocycles. The van der Waals surface area contributed by atoms with Gasteiger partial charge in [0.1, 0.15) is 17.6 Å². The molecule has 4 rings (SSSR count). The molecule has 8 nitrogen and oxygen atoms in total. The molecule has 0 saturated carbocycles. The number of carbonyl (C=O) groups excluding carboxylic acids is 3. The average Bonchev–Trinajstić information content (AvgIpc) is 3.03. The molecule has 2 atom stereocenters. The monoisotopic (exact) mass is 596 g/mol. The van der Waals surface area contributed by atoms with Crippen molar-refractivity contribution in [1.82, 2.24) is 10.6 Å². The van der Waals surface area contributed by atoms with E-state index in [1.807, 2.05) is 61.5 Å². The highest BCUT2D eigenvalue weighted by Gasteiger charge is 2.29. The Hall–Kier alpha value is -5.02. The highest BCUT2D eigenvalue weighted by Crippen LogP contribution is 2.26. The molecule has 0 radical (unpaired) electrons. The first kappa shape index (κ1) is 31.9. The summed E-state index contributed by atoms with van der Waals surface area (Å²) in [5, 5.41) is 5.76. The molecule has 0 aliphatic carbocycles. The molecule has 44 heavy (non-hydrogen) atoms. The summed E-state index contributed by atoms with van der Waals surface area (Å²) in [4.78, 5) is 39.9. The van der Waals surface area contributed by atoms with Gasteiger partial charge in [-0.1, -0.05) is 72.8 Å². The highest BCUT2D eigenvalue weighted by atomic mass is 19.1. The summed E-state index contributed by atoms with van der Waals surface area (Å²) in [6.45, 7) is 2.55. The minimum absolute atomic E-state index is 0.0574. The first-order chi connectivity index (χ1) is 21.3. The Morgan fingerprint density at radius 1 is 0.818 bits per heavy atom. The Morgan fingerprint density at radius 2 is 1.48 bits per heavy atom. The van der Waals surface area contributed by atoms with Crippen molar-refractivity contribution >= 4 is 17.7 Å². The molecular weight excluding hydrogens is 559 g/mol. The van der Waals surface area contributed by atoms with Crippen LogP contribution in [0.5, 0.6) is 5.75 Å². The number of nitrogens with two attached hydrogens (primary N) is 2. The van der Waals surface area contributed by atoms with Crippen LogP contribution in [0.15, 0.2) is 97.1 Å². The number of hydrogen-bond donors (Lipinski definition) is 4. The second kappa shape index (κ2) is 15.5. The summed E-state index contributed by atoms with van der Waals surface area (Å²) < 4.78 is 19.8. The van der Waals surface area contributed by atoms with Gasteiger partial charge in [0.2, 0.25) is 17.7 Å². The molecule has 0 fully saturated rings. The molecule has 0 saturated heterocycles. The fourth-order valence-electron chi connectivity index (χ4n) is 5.00. The Bertz CT molecular complexity index is 1580. The number of benzene rings is 4. The zero-order valence-electron chi connectivity index (χ0n) is 24.6. The zero-order valence-corrected chi connectivity index (χ0v) is 24.6. The first-order valence-corrected chi connectivity index (χ1v) is 14.5. The van der Waals surface area contributed by atoms with Crippen LogP contribution >= 0.6 is 0 Å². The van der Waals surface area contributed by atoms with Crippen LogP contribution in [0.1, 0.15) is 51.0 Å². The summed E-state index contributed by atoms with van der Waals surface area (Å²) in [5.74, 6) is -2.11. The van der Waals surface area contributed by atoms with Crippen LogP contribution in [-0.4, -0.2) is 30.4 Å². The van der Waals surface area contributed by atoms with Crippen LogP contribution in [-0.2, 0) is 35.5 Å². The van der Waals surface area contributed by atoms with E-state index in [0.29, 0.717) is 29.0 Å². The normalized spacial score (nSPS) is 12.2. The van der Waals surface area contributed by atoms with E-state index in [4.69, 9.17) is 16.2 Å². The van der Waals surface area contributed by atoms with Gasteiger partial charge in [-0.25, -0.2) is 4.39 Å². The Morgan fingerprint density at radius 3 is 2.14 bits per heavy atom. The van der Waals surface area contributed by atoms with E-state index in [2.05, 4.69) is 10.6 Å². The van der Waals surface area contributed by atoms with Crippen LogP contribution in [0, 0.1) is 5.82 Å². The number of hydrogen-bond acceptors (Lipinski definition) is 5. The summed E-state index contributed by atoms with van der Waals surface area (Å²) >= 11 is 0. The van der Waals surface area contributed by atoms with Crippen LogP contribution in [0.25, 0.3) is 0 Å². The minimum Gasteiger partial charge on any atom is -0.494 e. The number of primary amides is 1. The van der Waals surface area contributed by atoms with Gasteiger partial charge in [0.05, 0.1) is 12.5 Å². The molecular formula is C35H37FN4O4. The van der Waals surface area contributed by atoms with Gasteiger partial charge in [0.25, 0.3) is 0 Å². The maximum Gasteiger partial charge on any atom is 0.249 e. The number of halogens is 1. The van der Waals surface area contributed by atoms with E-state index in [1.54, 1.807) is 36.4 Å². The summed E-state index contributed by atoms with van der Waals surface area (Å²) in [6, 6.07) is 27.0. The van der Waals surface area contributed by atoms with Crippen molar-refractivity contribution < 1.29 is 23.5 Å². The smallest absolute Gasteiger partial charge is 0.249 e. The van der Waals surface area contributed by atoms with Crippen LogP contribution in [0.4, 0.5) is 4.39 Å². The first-order valence-electron chi connectivity index (χ1n) is 14.5. The van der Waals surface area contributed by atoms with Gasteiger partial charge in [-0.2, -0.15) is 0 Å². The van der Waals surface area contributed by atoms with Gasteiger partial charge in [-0.05, 0) is 59.9 Å². The summed E-state index contributed by atoms with van der Waals surface area (Å²) in [5.41, 5.74) is 14.5. The molecule has 0 aliphatic heterocycles. The fourth-order valence-corrected chi connectivity index (χ4v) is 5.00. The largest absolute Gasteiger partial charge is 0.494 e. The van der Waals surface area contributed by atoms with Gasteiger partial charge in [-0.3, -0.25) is 14.4 Å². The molecule has 0 heterocycles. The lowest BCUT2D eigenvalue weighted by Gasteiger charge is -2.24. The fraction of sp³-hybridized carbons (Fsp3) is 0.229. The Balaban J connectivity index is 1.61. The second-order valence-corrected chi connectivity index (χ2v) is 10.4. The number of amides is 3. The third-order valence-electron chi connectivity index (χ3n) is 7.31. The second-order valence-electron chi connectivity index (χ2n) is 10.4. The predicted molar refractivity (Wildman–Crippen MR) is 167 cm³/mol. The van der Waals surface area contributed by atoms with Crippen molar-refractivity contribution in [3.8, 4) is 5.75 Å². The van der Waals surface area contributed by atoms with Gasteiger partial charge in [0.15, 0.2) is 0 Å². The summed E-state index contributed by atoms with van der Waals surface area (Å²) in [6.07, 6.45) is 0.459. The molecule has 4 aromatic rings. The minimum atomic E-state index is -0.957. The average molecular weight is 597 g/mol. The quantitative estimate of drug-likeness (QED) is 0.173. The van der Waals surface area contributed by atoms with E-state index in [0.717, 1.165) is 11.1 Å². The van der Waals surface area contributed by atoms with E-state index in [1.165, 1.54) is 6.07 Å². The van der Waals surface area contributed by atoms with E-state index in [9.17, 15) is 18.8 Å². The van der Waals surface area contributed by atoms with Crippen molar-refractivity contribution in [2.75, 3.05) is 6.61 Å². The third kappa shape index (κ3) is 8.52. The van der Waals surface area contributed by atoms with Crippen LogP contribution < -0.4 is 26.8 Å². The van der Waals surface area contributed by atoms with Gasteiger partial charge >= 0.3 is 0 Å². The lowest BCUT2D eigenvalue weighted by Crippen LogP contribution is -2.49. The Labute approximate surface area is 256 Å². The SMILES string of the molecule is CCOc1ccc(C[C@@H](C(=O)N[C@@H](Cc2ccccc2)C(=O)NCc2ccc(CN)c(F)c2)c2ccccc2C(N)=O)cc1. The maximum atomic E-state index is 14.3. The highest BCUT2D eigenvalue weighted by molar-refractivity contribution is 5.98. The lowest BCUT2D eigenvalue weighted by atomic mass is 9.87. The van der Waals surface area contributed by atoms with Crippen molar-refractivity contribution in [2.45, 2.75) is 44.8 Å². The van der Waals surface area contributed by atoms with Gasteiger partial charge < -0.3 is 26.8 Å². The van der Waals surface area contributed by atoms with Crippen LogP contribution in [0.2, 0.25) is 0 Å². The maximum absolute atomic E-state index is 14.3. The molecule has 6 N–H and O–H groups in total. The molecule has 3 amide bonds. The van der Waals surface area contributed by atoms with Crippen molar-refractivity contribution in [3.63, 3.8) is 0 Å². The molecule has 9 heteroatoms. The zero-order chi connectivity index (χ0) is 31.5. The van der Waals surface area contributed by atoms with Crippen molar-refractivity contribution in [2.24, 2.45) is 11.5 Å². The van der Waals surface area contributed by atoms with Crippen LogP contribution in [0.3, 0.4) is 0 Å². The van der Waals surface area contributed by atoms with Gasteiger partial charge in [-0.15, -0.1) is 0 Å². The number of nitrogens with one attached hydrogen (secondary N) is 2. The number of ether oxygens (including phenoxy) is 1. The third-order valence-corrected chi connectivity index (χ3v) is 7.31. The number of rotatable bonds is 14. The van der Waals surface area contributed by atoms with Gasteiger partial charge in [0, 0.05) is 30.6 Å². The molecule has 0 aromatic heterocycles. The standard InChI is InChI=1S/C35H37FN4O4/c1-2-44-27-16-13-24(14-17-27)18-30(28-10-6-7-11-29(28)33(38)41)34(42)40-32(20-23-8-4-3-5-9-23)35(43)39-22-25-12-15-26(21-37)31(36)19-25/h3-17,19,30,32H,2,18,20-22,37H2,1H3,(H2,38,41)(H,39,43)(H,40,42)/t30-,32+/m1/s1. The number of carbonyl (C=O) groups is 3. The molecule has 0 unspecified atom stereocenters. The predicted octanol–water partition coefficient (Wildman–Crippen LogP) is 4.15.